The first kappa shape index (κ1) is 5.34. The van der Waals surface area contributed by atoms with E-state index in [4.69, 9.17) is 1.28 Å². The smallest absolute Gasteiger partial charge is 0.129 e. The van der Waals surface area contributed by atoms with E-state index in [2.05, 4.69) is 30.3 Å². The summed E-state index contributed by atoms with van der Waals surface area (Å²) in [6.07, 6.45) is 1.81. The fourth-order valence-corrected chi connectivity index (χ4v) is 1.52. The molecule has 1 rings (SSSR count). The molecule has 0 aliphatic heterocycles. The van der Waals surface area contributed by atoms with E-state index in [0.717, 1.165) is 10.2 Å². The van der Waals surface area contributed by atoms with Gasteiger partial charge in [0.15, 0.2) is 0 Å². The normalized spacial score (nSPS) is 13.0. The molecule has 0 aromatic carbocycles. The summed E-state index contributed by atoms with van der Waals surface area (Å²) in [5.41, 5.74) is 0.770. The van der Waals surface area contributed by atoms with Gasteiger partial charge in [0.25, 0.3) is 0 Å². The Hall–Kier alpha value is 0.550. The molecule has 0 saturated carbocycles. The molecule has 44 valence electrons. The molecular formula is C3H5BrN2P2. The van der Waals surface area contributed by atoms with Gasteiger partial charge in [-0.05, 0) is 25.3 Å². The highest BCUT2D eigenvalue weighted by Crippen LogP contribution is 2.06. The second-order valence-corrected chi connectivity index (χ2v) is 3.11. The summed E-state index contributed by atoms with van der Waals surface area (Å²) in [5.74, 6) is 0. The first-order valence-corrected chi connectivity index (χ1v) is 3.72. The first-order valence-electron chi connectivity index (χ1n) is 2.41. The highest BCUT2D eigenvalue weighted by Gasteiger charge is 1.93. The molecule has 0 N–H and O–H groups in total. The molecule has 5 heteroatoms. The van der Waals surface area contributed by atoms with Gasteiger partial charge in [-0.2, -0.15) is 0 Å². The van der Waals surface area contributed by atoms with Crippen molar-refractivity contribution >= 4 is 40.1 Å². The number of hydrogen-bond acceptors (Lipinski definition) is 1. The first-order chi connectivity index (χ1) is 4.24. The summed E-state index contributed by atoms with van der Waals surface area (Å²) in [4.78, 5) is 4.01. The average Bonchev–Trinajstić information content (AvgIpc) is 2.10. The zero-order chi connectivity index (χ0) is 6.85. The van der Waals surface area contributed by atoms with E-state index in [1.54, 1.807) is 4.34 Å². The molecule has 8 heavy (non-hydrogen) atoms. The Balaban J connectivity index is 3.01. The van der Waals surface area contributed by atoms with Crippen molar-refractivity contribution in [3.05, 3.63) is 10.8 Å². The Labute approximate surface area is 61.9 Å². The lowest BCUT2D eigenvalue weighted by atomic mass is 11.0. The molecule has 2 unspecified atom stereocenters. The predicted octanol–water partition coefficient (Wildman–Crippen LogP) is 0.784. The molecule has 0 radical (unpaired) electrons. The monoisotopic (exact) mass is 212 g/mol. The van der Waals surface area contributed by atoms with Gasteiger partial charge in [0.2, 0.25) is 0 Å². The van der Waals surface area contributed by atoms with Crippen molar-refractivity contribution in [3.63, 3.8) is 0 Å². The van der Waals surface area contributed by atoms with Crippen LogP contribution in [0.5, 0.6) is 0 Å². The van der Waals surface area contributed by atoms with Gasteiger partial charge in [-0.25, -0.2) is 4.98 Å². The van der Waals surface area contributed by atoms with Gasteiger partial charge in [0.1, 0.15) is 10.2 Å². The zero-order valence-electron chi connectivity index (χ0n) is 4.93. The van der Waals surface area contributed by atoms with Crippen LogP contribution in [0.25, 0.3) is 0 Å². The number of aromatic nitrogens is 2. The van der Waals surface area contributed by atoms with Crippen molar-refractivity contribution < 1.29 is 0 Å². The summed E-state index contributed by atoms with van der Waals surface area (Å²) in [6, 6.07) is 0. The predicted molar refractivity (Wildman–Crippen MR) is 44.4 cm³/mol. The van der Waals surface area contributed by atoms with Crippen LogP contribution in [0.2, 0.25) is 0 Å². The van der Waals surface area contributed by atoms with Crippen LogP contribution in [0.15, 0.2) is 10.8 Å². The van der Waals surface area contributed by atoms with Crippen molar-refractivity contribution in [2.45, 2.75) is 0 Å². The van der Waals surface area contributed by atoms with Crippen LogP contribution in [0.1, 0.15) is 0 Å². The molecule has 0 aliphatic carbocycles. The van der Waals surface area contributed by atoms with Crippen molar-refractivity contribution in [1.82, 2.24) is 9.32 Å². The van der Waals surface area contributed by atoms with E-state index in [1.807, 2.05) is 6.20 Å². The molecule has 0 fully saturated rings. The number of hydrogen-bond donors (Lipinski definition) is 0. The molecule has 1 aromatic rings. The van der Waals surface area contributed by atoms with Crippen LogP contribution in [-0.4, -0.2) is 10.6 Å². The summed E-state index contributed by atoms with van der Waals surface area (Å²) >= 11 is 3.20. The summed E-state index contributed by atoms with van der Waals surface area (Å²) in [6.45, 7) is 0. The van der Waals surface area contributed by atoms with Gasteiger partial charge in [-0.3, -0.25) is 0 Å². The lowest BCUT2D eigenvalue weighted by Gasteiger charge is -1.86. The van der Waals surface area contributed by atoms with Crippen LogP contribution in [0.3, 0.4) is 0 Å². The van der Waals surface area contributed by atoms with Gasteiger partial charge in [0.05, 0.1) is 1.28 Å². The lowest BCUT2D eigenvalue weighted by molar-refractivity contribution is 1.32. The molecule has 2 nitrogen and oxygen atoms in total. The van der Waals surface area contributed by atoms with Gasteiger partial charge < -0.3 is 4.34 Å². The Morgan fingerprint density at radius 3 is 3.00 bits per heavy atom. The van der Waals surface area contributed by atoms with Crippen LogP contribution in [-0.2, 0) is 0 Å². The van der Waals surface area contributed by atoms with Crippen molar-refractivity contribution in [1.29, 1.82) is 1.28 Å². The molecule has 0 aliphatic rings. The third-order valence-corrected chi connectivity index (χ3v) is 2.11. The zero-order valence-corrected chi connectivity index (χ0v) is 7.67. The van der Waals surface area contributed by atoms with E-state index >= 15 is 0 Å². The molecular weight excluding hydrogens is 206 g/mol. The standard InChI is InChI=1S/C3H5BrN2P2/c4-2-1-6(8)3(7)5-2/h1H,7-8H2/i7T. The minimum atomic E-state index is 0.000725. The average molecular weight is 213 g/mol. The lowest BCUT2D eigenvalue weighted by Crippen LogP contribution is -1.98. The van der Waals surface area contributed by atoms with E-state index in [1.165, 1.54) is 0 Å². The second-order valence-electron chi connectivity index (χ2n) is 1.29. The maximum atomic E-state index is 7.01. The molecule has 1 aromatic heterocycles. The van der Waals surface area contributed by atoms with Crippen LogP contribution >= 0.6 is 34.5 Å². The fraction of sp³-hybridized carbons (Fsp3) is 0. The highest BCUT2D eigenvalue weighted by molar-refractivity contribution is 9.10. The molecule has 0 amide bonds. The van der Waals surface area contributed by atoms with Gasteiger partial charge in [0, 0.05) is 6.20 Å². The van der Waals surface area contributed by atoms with Gasteiger partial charge >= 0.3 is 0 Å². The third-order valence-electron chi connectivity index (χ3n) is 0.703. The highest BCUT2D eigenvalue weighted by atomic mass is 79.9. The van der Waals surface area contributed by atoms with Crippen molar-refractivity contribution in [3.8, 4) is 0 Å². The molecule has 0 spiro atoms. The van der Waals surface area contributed by atoms with Crippen molar-refractivity contribution in [2.24, 2.45) is 0 Å². The Morgan fingerprint density at radius 2 is 2.75 bits per heavy atom. The summed E-state index contributed by atoms with van der Waals surface area (Å²) < 4.78 is 9.55. The Bertz CT molecular complexity index is 214. The maximum Gasteiger partial charge on any atom is 0.129 e. The van der Waals surface area contributed by atoms with Crippen molar-refractivity contribution in [2.75, 3.05) is 0 Å². The summed E-state index contributed by atoms with van der Waals surface area (Å²) in [5, 5.41) is 0. The number of rotatable bonds is 1. The van der Waals surface area contributed by atoms with Crippen LogP contribution < -0.4 is 5.57 Å². The largest absolute Gasteiger partial charge is 0.315 e. The molecule has 1 heterocycles. The Morgan fingerprint density at radius 1 is 2.00 bits per heavy atom. The van der Waals surface area contributed by atoms with E-state index in [0.29, 0.717) is 0 Å². The topological polar surface area (TPSA) is 17.8 Å². The second kappa shape index (κ2) is 2.43. The maximum absolute atomic E-state index is 7.01. The molecule has 0 saturated heterocycles. The molecule has 0 bridgehead atoms. The SMILES string of the molecule is [3H]Pc1nc(Br)cn1P. The van der Waals surface area contributed by atoms with E-state index in [-0.39, 0.29) is 9.18 Å². The minimum absolute atomic E-state index is 0.000725. The quantitative estimate of drug-likeness (QED) is 0.630. The minimum Gasteiger partial charge on any atom is -0.315 e. The number of nitrogens with zero attached hydrogens (tertiary/aromatic N) is 2. The summed E-state index contributed by atoms with van der Waals surface area (Å²) in [7, 11) is 2.46. The van der Waals surface area contributed by atoms with E-state index in [9.17, 15) is 0 Å². The fourth-order valence-electron chi connectivity index (χ4n) is 0.364. The number of halogens is 1. The van der Waals surface area contributed by atoms with Crippen LogP contribution in [0, 0.1) is 0 Å². The Kier molecular flexibility index (Phi) is 1.62. The van der Waals surface area contributed by atoms with Crippen LogP contribution in [0.4, 0.5) is 0 Å². The number of imidazole rings is 1. The van der Waals surface area contributed by atoms with Gasteiger partial charge in [-0.15, -0.1) is 0 Å². The van der Waals surface area contributed by atoms with Gasteiger partial charge in [-0.1, -0.05) is 9.18 Å². The third kappa shape index (κ3) is 1.28. The van der Waals surface area contributed by atoms with E-state index < -0.39 is 0 Å². The molecule has 2 atom stereocenters.